The van der Waals surface area contributed by atoms with Gasteiger partial charge in [0.1, 0.15) is 17.5 Å². The van der Waals surface area contributed by atoms with Gasteiger partial charge in [0.25, 0.3) is 11.8 Å². The maximum Gasteiger partial charge on any atom is 0.261 e. The molecule has 3 amide bonds. The number of nitrogens with zero attached hydrogens (tertiary/aromatic N) is 4. The van der Waals surface area contributed by atoms with E-state index in [1.807, 2.05) is 37.3 Å². The number of benzene rings is 2. The van der Waals surface area contributed by atoms with Gasteiger partial charge in [-0.1, -0.05) is 12.1 Å². The highest BCUT2D eigenvalue weighted by molar-refractivity contribution is 6.21. The summed E-state index contributed by atoms with van der Waals surface area (Å²) in [6.45, 7) is 4.13. The average molecular weight is 485 g/mol. The molecule has 2 N–H and O–H groups in total. The van der Waals surface area contributed by atoms with Crippen molar-refractivity contribution in [3.8, 4) is 0 Å². The molecule has 1 aromatic heterocycles. The Morgan fingerprint density at radius 2 is 1.56 bits per heavy atom. The van der Waals surface area contributed by atoms with Gasteiger partial charge in [0.2, 0.25) is 5.91 Å². The van der Waals surface area contributed by atoms with Crippen molar-refractivity contribution in [2.24, 2.45) is 0 Å². The molecule has 0 bridgehead atoms. The van der Waals surface area contributed by atoms with E-state index in [1.165, 1.54) is 17.7 Å². The fraction of sp³-hybridized carbons (Fsp3) is 0.296. The zero-order valence-corrected chi connectivity index (χ0v) is 20.2. The van der Waals surface area contributed by atoms with E-state index in [4.69, 9.17) is 0 Å². The molecule has 1 fully saturated rings. The third-order valence-electron chi connectivity index (χ3n) is 6.36. The minimum absolute atomic E-state index is 0.172. The third-order valence-corrected chi connectivity index (χ3v) is 6.36. The summed E-state index contributed by atoms with van der Waals surface area (Å²) < 4.78 is 0. The molecule has 2 aliphatic heterocycles. The summed E-state index contributed by atoms with van der Waals surface area (Å²) in [6.07, 6.45) is 2.96. The van der Waals surface area contributed by atoms with E-state index >= 15 is 0 Å². The summed E-state index contributed by atoms with van der Waals surface area (Å²) in [5, 5.41) is 6.18. The van der Waals surface area contributed by atoms with Gasteiger partial charge in [0.05, 0.1) is 11.1 Å². The van der Waals surface area contributed by atoms with Crippen molar-refractivity contribution in [3.63, 3.8) is 0 Å². The highest BCUT2D eigenvalue weighted by atomic mass is 16.2. The van der Waals surface area contributed by atoms with Crippen molar-refractivity contribution in [2.45, 2.75) is 32.6 Å². The van der Waals surface area contributed by atoms with Crippen molar-refractivity contribution in [3.05, 3.63) is 71.5 Å². The largest absolute Gasteiger partial charge is 0.356 e. The molecule has 5 rings (SSSR count). The number of fused-ring (bicyclic) bond motifs is 1. The third kappa shape index (κ3) is 5.05. The number of hydrogen-bond donors (Lipinski definition) is 2. The van der Waals surface area contributed by atoms with E-state index in [0.29, 0.717) is 29.1 Å². The van der Waals surface area contributed by atoms with Gasteiger partial charge in [-0.3, -0.25) is 19.3 Å². The predicted octanol–water partition coefficient (Wildman–Crippen LogP) is 4.14. The molecule has 1 saturated heterocycles. The Balaban J connectivity index is 1.12. The first-order chi connectivity index (χ1) is 17.5. The second-order valence-corrected chi connectivity index (χ2v) is 9.01. The summed E-state index contributed by atoms with van der Waals surface area (Å²) in [5.74, 6) is 1.61. The Kier molecular flexibility index (Phi) is 6.62. The molecule has 0 unspecified atom stereocenters. The van der Waals surface area contributed by atoms with Crippen LogP contribution in [0.2, 0.25) is 0 Å². The number of carbonyl (C=O) groups excluding carboxylic acids is 3. The zero-order valence-electron chi connectivity index (χ0n) is 20.2. The molecule has 9 nitrogen and oxygen atoms in total. The number of carbonyl (C=O) groups is 3. The minimum atomic E-state index is -0.300. The molecule has 0 spiro atoms. The highest BCUT2D eigenvalue weighted by Gasteiger charge is 2.34. The number of anilines is 4. The van der Waals surface area contributed by atoms with Crippen LogP contribution in [0.1, 0.15) is 52.2 Å². The smallest absolute Gasteiger partial charge is 0.261 e. The van der Waals surface area contributed by atoms with E-state index < -0.39 is 0 Å². The van der Waals surface area contributed by atoms with Crippen LogP contribution in [0.5, 0.6) is 0 Å². The lowest BCUT2D eigenvalue weighted by Crippen LogP contribution is -2.31. The Morgan fingerprint density at radius 3 is 2.22 bits per heavy atom. The van der Waals surface area contributed by atoms with E-state index in [1.54, 1.807) is 24.3 Å². The maximum atomic E-state index is 12.4. The molecule has 3 heterocycles. The SMILES string of the molecule is Cc1nc(Nc2ccc(NC(=O)CCCN3C(=O)c4ccccc4C3=O)cc2)cc(N2CCCC2)n1. The summed E-state index contributed by atoms with van der Waals surface area (Å²) in [7, 11) is 0. The van der Waals surface area contributed by atoms with Crippen LogP contribution in [0.25, 0.3) is 0 Å². The average Bonchev–Trinajstić information content (AvgIpc) is 3.49. The lowest BCUT2D eigenvalue weighted by Gasteiger charge is -2.18. The number of aryl methyl sites for hydroxylation is 1. The highest BCUT2D eigenvalue weighted by Crippen LogP contribution is 2.24. The standard InChI is InChI=1S/C27H28N6O3/c1-18-28-23(17-24(29-18)32-14-4-5-15-32)30-19-10-12-20(13-11-19)31-25(34)9-6-16-33-26(35)21-7-2-3-8-22(21)27(33)36/h2-3,7-8,10-13,17H,4-6,9,14-16H2,1H3,(H,31,34)(H,28,29,30). The molecule has 2 aromatic carbocycles. The Morgan fingerprint density at radius 1 is 0.917 bits per heavy atom. The molecule has 0 atom stereocenters. The fourth-order valence-corrected chi connectivity index (χ4v) is 4.57. The van der Waals surface area contributed by atoms with E-state index in [0.717, 1.165) is 30.4 Å². The number of nitrogens with one attached hydrogen (secondary N) is 2. The van der Waals surface area contributed by atoms with Crippen LogP contribution in [0, 0.1) is 6.92 Å². The number of aromatic nitrogens is 2. The molecule has 0 aliphatic carbocycles. The Labute approximate surface area is 209 Å². The molecule has 3 aromatic rings. The molecule has 2 aliphatic rings. The first-order valence-electron chi connectivity index (χ1n) is 12.2. The Hall–Kier alpha value is -4.27. The van der Waals surface area contributed by atoms with Crippen LogP contribution in [0.15, 0.2) is 54.6 Å². The van der Waals surface area contributed by atoms with Gasteiger partial charge in [-0.15, -0.1) is 0 Å². The first kappa shape index (κ1) is 23.5. The monoisotopic (exact) mass is 484 g/mol. The molecule has 0 radical (unpaired) electrons. The predicted molar refractivity (Wildman–Crippen MR) is 138 cm³/mol. The van der Waals surface area contributed by atoms with Crippen LogP contribution in [0.3, 0.4) is 0 Å². The first-order valence-corrected chi connectivity index (χ1v) is 12.2. The molecule has 184 valence electrons. The summed E-state index contributed by atoms with van der Waals surface area (Å²) in [5.41, 5.74) is 2.36. The van der Waals surface area contributed by atoms with Crippen LogP contribution >= 0.6 is 0 Å². The van der Waals surface area contributed by atoms with Crippen LogP contribution < -0.4 is 15.5 Å². The number of imide groups is 1. The van der Waals surface area contributed by atoms with Crippen LogP contribution in [0.4, 0.5) is 23.0 Å². The summed E-state index contributed by atoms with van der Waals surface area (Å²) >= 11 is 0. The fourth-order valence-electron chi connectivity index (χ4n) is 4.57. The molecule has 9 heteroatoms. The molecular formula is C27H28N6O3. The number of amides is 3. The van der Waals surface area contributed by atoms with Crippen LogP contribution in [-0.2, 0) is 4.79 Å². The maximum absolute atomic E-state index is 12.4. The van der Waals surface area contributed by atoms with Gasteiger partial charge in [0.15, 0.2) is 0 Å². The van der Waals surface area contributed by atoms with E-state index in [2.05, 4.69) is 25.5 Å². The van der Waals surface area contributed by atoms with Gasteiger partial charge in [0, 0.05) is 43.5 Å². The lowest BCUT2D eigenvalue weighted by atomic mass is 10.1. The van der Waals surface area contributed by atoms with Crippen molar-refractivity contribution in [2.75, 3.05) is 35.2 Å². The van der Waals surface area contributed by atoms with Crippen molar-refractivity contribution in [1.82, 2.24) is 14.9 Å². The van der Waals surface area contributed by atoms with E-state index in [9.17, 15) is 14.4 Å². The van der Waals surface area contributed by atoms with Gasteiger partial charge < -0.3 is 15.5 Å². The normalized spacial score (nSPS) is 14.8. The van der Waals surface area contributed by atoms with Gasteiger partial charge in [-0.05, 0) is 62.6 Å². The van der Waals surface area contributed by atoms with Crippen LogP contribution in [-0.4, -0.2) is 52.2 Å². The number of rotatable bonds is 8. The molecule has 36 heavy (non-hydrogen) atoms. The van der Waals surface area contributed by atoms with Gasteiger partial charge >= 0.3 is 0 Å². The van der Waals surface area contributed by atoms with Crippen molar-refractivity contribution in [1.29, 1.82) is 0 Å². The second kappa shape index (κ2) is 10.2. The Bertz CT molecular complexity index is 1270. The summed E-state index contributed by atoms with van der Waals surface area (Å²) in [4.78, 5) is 49.8. The second-order valence-electron chi connectivity index (χ2n) is 9.01. The van der Waals surface area contributed by atoms with Gasteiger partial charge in [-0.2, -0.15) is 0 Å². The molecular weight excluding hydrogens is 456 g/mol. The molecule has 0 saturated carbocycles. The van der Waals surface area contributed by atoms with Crippen molar-refractivity contribution < 1.29 is 14.4 Å². The van der Waals surface area contributed by atoms with Crippen molar-refractivity contribution >= 4 is 40.7 Å². The van der Waals surface area contributed by atoms with Gasteiger partial charge in [-0.25, -0.2) is 9.97 Å². The quantitative estimate of drug-likeness (QED) is 0.463. The minimum Gasteiger partial charge on any atom is -0.356 e. The lowest BCUT2D eigenvalue weighted by molar-refractivity contribution is -0.116. The van der Waals surface area contributed by atoms with E-state index in [-0.39, 0.29) is 30.7 Å². The zero-order chi connectivity index (χ0) is 25.1. The topological polar surface area (TPSA) is 108 Å². The summed E-state index contributed by atoms with van der Waals surface area (Å²) in [6, 6.07) is 16.1. The number of hydrogen-bond acceptors (Lipinski definition) is 7.